The van der Waals surface area contributed by atoms with Crippen molar-refractivity contribution in [3.8, 4) is 5.75 Å². The Kier molecular flexibility index (Phi) is 10.3. The van der Waals surface area contributed by atoms with Gasteiger partial charge in [-0.25, -0.2) is 9.18 Å². The third kappa shape index (κ3) is 7.14. The molecule has 4 saturated heterocycles. The van der Waals surface area contributed by atoms with Crippen LogP contribution in [0.25, 0.3) is 10.9 Å². The molecule has 300 valence electrons. The highest BCUT2D eigenvalue weighted by Crippen LogP contribution is 2.54. The Morgan fingerprint density at radius 3 is 2.37 bits per heavy atom. The fourth-order valence-electron chi connectivity index (χ4n) is 9.83. The van der Waals surface area contributed by atoms with Crippen molar-refractivity contribution >= 4 is 39.5 Å². The number of aliphatic hydroxyl groups excluding tert-OH is 1. The van der Waals surface area contributed by atoms with Crippen molar-refractivity contribution in [2.45, 2.75) is 80.9 Å². The maximum absolute atomic E-state index is 16.4. The smallest absolute Gasteiger partial charge is 0.349 e. The molecule has 3 aromatic heterocycles. The molecule has 7 heterocycles. The molecule has 11 nitrogen and oxygen atoms in total. The number of epoxide rings is 1. The maximum Gasteiger partial charge on any atom is 0.349 e. The number of ether oxygens (including phenoxy) is 2. The number of piperidine rings is 2. The Morgan fingerprint density at radius 1 is 1.02 bits per heavy atom. The minimum atomic E-state index is -1.85. The number of hydrogen-bond donors (Lipinski definition) is 5. The topological polar surface area (TPSA) is 148 Å². The van der Waals surface area contributed by atoms with Crippen LogP contribution in [0.1, 0.15) is 58.2 Å². The molecule has 4 unspecified atom stereocenters. The van der Waals surface area contributed by atoms with Gasteiger partial charge in [-0.2, -0.15) is 0 Å². The van der Waals surface area contributed by atoms with Gasteiger partial charge in [-0.1, -0.05) is 36.4 Å². The highest BCUT2D eigenvalue weighted by atomic mass is 32.1. The fraction of sp³-hybridized carbons (Fsp3) is 0.442. The predicted molar refractivity (Wildman–Crippen MR) is 215 cm³/mol. The average molecular weight is 816 g/mol. The van der Waals surface area contributed by atoms with E-state index >= 15 is 4.39 Å². The zero-order chi connectivity index (χ0) is 39.5. The number of rotatable bonds is 13. The van der Waals surface area contributed by atoms with E-state index in [1.54, 1.807) is 24.3 Å². The van der Waals surface area contributed by atoms with Crippen LogP contribution >= 0.6 is 22.7 Å². The maximum atomic E-state index is 16.4. The van der Waals surface area contributed by atoms with E-state index in [0.29, 0.717) is 80.2 Å². The highest BCUT2D eigenvalue weighted by Gasteiger charge is 2.72. The molecule has 14 heteroatoms. The van der Waals surface area contributed by atoms with E-state index in [-0.39, 0.29) is 47.5 Å². The summed E-state index contributed by atoms with van der Waals surface area (Å²) in [5.41, 5.74) is 0.170. The number of quaternary nitrogens is 1. The van der Waals surface area contributed by atoms with Gasteiger partial charge in [0.05, 0.1) is 28.4 Å². The van der Waals surface area contributed by atoms with Crippen LogP contribution in [0.5, 0.6) is 5.75 Å². The summed E-state index contributed by atoms with van der Waals surface area (Å²) < 4.78 is 29.2. The van der Waals surface area contributed by atoms with Gasteiger partial charge in [0.1, 0.15) is 48.5 Å². The second-order valence-corrected chi connectivity index (χ2v) is 18.3. The number of H-pyrrole nitrogens is 1. The van der Waals surface area contributed by atoms with E-state index in [1.807, 2.05) is 41.1 Å². The summed E-state index contributed by atoms with van der Waals surface area (Å²) in [7, 11) is 2.19. The molecule has 9 rings (SSSR count). The lowest BCUT2D eigenvalue weighted by atomic mass is 9.93. The molecule has 5 N–H and O–H groups in total. The Labute approximate surface area is 337 Å². The van der Waals surface area contributed by atoms with Crippen molar-refractivity contribution in [1.29, 1.82) is 0 Å². The molecule has 0 saturated carbocycles. The Morgan fingerprint density at radius 2 is 1.70 bits per heavy atom. The Bertz CT molecular complexity index is 2240. The lowest BCUT2D eigenvalue weighted by Gasteiger charge is -2.48. The number of likely N-dealkylation sites (N-methyl/N-ethyl adjacent to an activating group) is 1. The number of esters is 1. The van der Waals surface area contributed by atoms with Crippen LogP contribution in [0.2, 0.25) is 0 Å². The average Bonchev–Trinajstić information content (AvgIpc) is 3.48. The van der Waals surface area contributed by atoms with Crippen molar-refractivity contribution in [3.63, 3.8) is 0 Å². The summed E-state index contributed by atoms with van der Waals surface area (Å²) in [6.07, 6.45) is 2.03. The van der Waals surface area contributed by atoms with Crippen LogP contribution < -0.4 is 10.9 Å². The second-order valence-electron chi connectivity index (χ2n) is 16.4. The second kappa shape index (κ2) is 15.3. The van der Waals surface area contributed by atoms with E-state index in [1.165, 1.54) is 34.8 Å². The molecule has 5 aromatic rings. The number of aromatic hydroxyl groups is 1. The van der Waals surface area contributed by atoms with Gasteiger partial charge in [-0.3, -0.25) is 9.69 Å². The number of carbonyl (C=O) groups is 1. The summed E-state index contributed by atoms with van der Waals surface area (Å²) in [5, 5.41) is 40.6. The number of fused-ring (bicyclic) bond motifs is 6. The number of phenolic OH excluding ortho intramolecular Hbond substituents is 1. The zero-order valence-electron chi connectivity index (χ0n) is 31.7. The minimum Gasteiger partial charge on any atom is -0.506 e. The number of thiophene rings is 2. The van der Waals surface area contributed by atoms with E-state index in [9.17, 15) is 24.9 Å². The van der Waals surface area contributed by atoms with Crippen molar-refractivity contribution in [1.82, 2.24) is 15.2 Å². The quantitative estimate of drug-likeness (QED) is 0.0620. The summed E-state index contributed by atoms with van der Waals surface area (Å²) in [5.74, 6) is -0.416. The number of halogens is 1. The zero-order valence-corrected chi connectivity index (χ0v) is 33.3. The number of phenols is 1. The highest BCUT2D eigenvalue weighted by molar-refractivity contribution is 7.12. The molecule has 2 bridgehead atoms. The molecular weight excluding hydrogens is 768 g/mol. The van der Waals surface area contributed by atoms with Crippen LogP contribution in [0.15, 0.2) is 82.3 Å². The molecule has 4 aliphatic heterocycles. The molecule has 57 heavy (non-hydrogen) atoms. The Hall–Kier alpha value is -3.99. The first kappa shape index (κ1) is 38.5. The molecule has 0 amide bonds. The summed E-state index contributed by atoms with van der Waals surface area (Å²) in [4.78, 5) is 31.6. The number of benzene rings is 2. The van der Waals surface area contributed by atoms with Gasteiger partial charge in [-0.15, -0.1) is 22.7 Å². The largest absolute Gasteiger partial charge is 0.506 e. The molecule has 4 fully saturated rings. The Balaban J connectivity index is 0.788. The molecule has 4 aliphatic rings. The van der Waals surface area contributed by atoms with Crippen LogP contribution in [-0.2, 0) is 33.0 Å². The van der Waals surface area contributed by atoms with Gasteiger partial charge in [0.15, 0.2) is 0 Å². The minimum absolute atomic E-state index is 0.0352. The van der Waals surface area contributed by atoms with E-state index in [4.69, 9.17) is 9.47 Å². The molecule has 5 atom stereocenters. The number of aromatic amines is 1. The number of pyridine rings is 1. The number of aromatic nitrogens is 1. The van der Waals surface area contributed by atoms with Gasteiger partial charge in [0.2, 0.25) is 11.2 Å². The van der Waals surface area contributed by atoms with Gasteiger partial charge < -0.3 is 39.6 Å². The normalized spacial score (nSPS) is 26.7. The first-order valence-corrected chi connectivity index (χ1v) is 21.5. The molecule has 0 aliphatic carbocycles. The van der Waals surface area contributed by atoms with Crippen molar-refractivity contribution in [2.75, 3.05) is 33.2 Å². The third-order valence-corrected chi connectivity index (χ3v) is 14.9. The molecule has 0 spiro atoms. The first-order chi connectivity index (χ1) is 27.5. The number of hydrogen-bond acceptors (Lipinski definition) is 11. The monoisotopic (exact) mass is 815 g/mol. The lowest BCUT2D eigenvalue weighted by molar-refractivity contribution is -0.968. The predicted octanol–water partition coefficient (Wildman–Crippen LogP) is 5.14. The SMILES string of the molecule is C[N+]1(Cc2cccc(CN3CCC(CNC[C@H](O)c4ccc(O)c5[nH]c(=O)ccc45)CC3)c2F)C2CC(OC(=O)C(O)(c3cccs3)c3cccs3)CC1C1OC12. The molecular formula is C43H48FN4O7S2+. The van der Waals surface area contributed by atoms with E-state index < -0.39 is 17.7 Å². The number of nitrogens with zero attached hydrogens (tertiary/aromatic N) is 2. The van der Waals surface area contributed by atoms with Gasteiger partial charge >= 0.3 is 5.97 Å². The number of nitrogens with one attached hydrogen (secondary N) is 2. The number of aliphatic hydroxyl groups is 2. The fourth-order valence-corrected chi connectivity index (χ4v) is 11.5. The van der Waals surface area contributed by atoms with E-state index in [0.717, 1.165) is 32.5 Å². The summed E-state index contributed by atoms with van der Waals surface area (Å²) in [6.45, 7) is 3.84. The number of likely N-dealkylation sites (tertiary alicyclic amines) is 1. The van der Waals surface area contributed by atoms with Crippen molar-refractivity contribution < 1.29 is 38.5 Å². The molecule has 0 radical (unpaired) electrons. The third-order valence-electron chi connectivity index (χ3n) is 13.0. The number of morpholine rings is 1. The van der Waals surface area contributed by atoms with Crippen LogP contribution in [-0.4, -0.2) is 99.3 Å². The van der Waals surface area contributed by atoms with Gasteiger partial charge in [0.25, 0.3) is 0 Å². The lowest BCUT2D eigenvalue weighted by Crippen LogP contribution is -2.62. The summed E-state index contributed by atoms with van der Waals surface area (Å²) in [6, 6.07) is 19.2. The van der Waals surface area contributed by atoms with Crippen LogP contribution in [0.3, 0.4) is 0 Å². The summed E-state index contributed by atoms with van der Waals surface area (Å²) >= 11 is 2.66. The standard InChI is InChI=1S/C43H47FN4O7S2/c1-48(31-19-28(20-32(48)41-40(31)55-41)54-42(52)43(53,35-7-3-17-56-35)36-8-4-18-57-36)24-27-6-2-5-26(38(27)44)23-47-15-13-25(14-16-47)21-45-22-34(50)29-9-11-33(49)39-30(29)10-12-37(51)46-39/h2-12,17-18,25,28,31-32,34,40-41,45,50,53H,13-16,19-24H2,1H3,(H-,46,49,51)/p+1/t28?,31?,32?,34-,40?,41?,48?/m0/s1. The van der Waals surface area contributed by atoms with Gasteiger partial charge in [-0.05, 0) is 79.0 Å². The van der Waals surface area contributed by atoms with Crippen LogP contribution in [0.4, 0.5) is 4.39 Å². The van der Waals surface area contributed by atoms with E-state index in [2.05, 4.69) is 22.2 Å². The first-order valence-electron chi connectivity index (χ1n) is 19.8. The molecule has 2 aromatic carbocycles. The van der Waals surface area contributed by atoms with Gasteiger partial charge in [0, 0.05) is 48.5 Å². The number of carbonyl (C=O) groups excluding carboxylic acids is 1. The van der Waals surface area contributed by atoms with Crippen molar-refractivity contribution in [2.24, 2.45) is 5.92 Å². The van der Waals surface area contributed by atoms with Crippen molar-refractivity contribution in [3.05, 3.63) is 120 Å². The van der Waals surface area contributed by atoms with Crippen LogP contribution in [0, 0.1) is 11.7 Å².